The lowest BCUT2D eigenvalue weighted by Crippen LogP contribution is -2.40. The molecule has 0 spiro atoms. The highest BCUT2D eigenvalue weighted by Crippen LogP contribution is 2.27. The van der Waals surface area contributed by atoms with Crippen molar-refractivity contribution < 1.29 is 14.3 Å². The number of likely N-dealkylation sites (tertiary alicyclic amines) is 1. The van der Waals surface area contributed by atoms with Gasteiger partial charge in [0.2, 0.25) is 0 Å². The second-order valence-corrected chi connectivity index (χ2v) is 7.78. The van der Waals surface area contributed by atoms with Crippen LogP contribution in [-0.4, -0.2) is 60.5 Å². The van der Waals surface area contributed by atoms with Crippen molar-refractivity contribution in [1.29, 1.82) is 0 Å². The lowest BCUT2D eigenvalue weighted by atomic mass is 10.1. The Morgan fingerprint density at radius 3 is 2.66 bits per heavy atom. The first-order valence-electron chi connectivity index (χ1n) is 10.8. The van der Waals surface area contributed by atoms with Crippen LogP contribution >= 0.6 is 0 Å². The molecule has 1 saturated heterocycles. The van der Waals surface area contributed by atoms with Gasteiger partial charge in [0.15, 0.2) is 5.69 Å². The quantitative estimate of drug-likeness (QED) is 0.613. The van der Waals surface area contributed by atoms with Crippen LogP contribution < -0.4 is 20.3 Å². The smallest absolute Gasteiger partial charge is 0.279 e. The summed E-state index contributed by atoms with van der Waals surface area (Å²) in [5.41, 5.74) is 0.318. The van der Waals surface area contributed by atoms with E-state index in [0.29, 0.717) is 40.5 Å². The molecule has 4 rings (SSSR count). The van der Waals surface area contributed by atoms with Gasteiger partial charge >= 0.3 is 0 Å². The number of nitrogens with zero attached hydrogens (tertiary/aromatic N) is 3. The molecule has 2 aromatic carbocycles. The molecular weight excluding hydrogens is 408 g/mol. The Morgan fingerprint density at radius 1 is 1.16 bits per heavy atom. The van der Waals surface area contributed by atoms with Crippen LogP contribution in [0.2, 0.25) is 0 Å². The molecule has 1 N–H and O–H groups in total. The van der Waals surface area contributed by atoms with Gasteiger partial charge in [0.1, 0.15) is 17.2 Å². The Labute approximate surface area is 186 Å². The highest BCUT2D eigenvalue weighted by Gasteiger charge is 2.25. The lowest BCUT2D eigenvalue weighted by Gasteiger charge is -2.23. The zero-order valence-corrected chi connectivity index (χ0v) is 18.6. The summed E-state index contributed by atoms with van der Waals surface area (Å²) in [5, 5.41) is 8.45. The first-order chi connectivity index (χ1) is 15.6. The Kier molecular flexibility index (Phi) is 6.41. The second kappa shape index (κ2) is 9.40. The van der Waals surface area contributed by atoms with E-state index >= 15 is 0 Å². The topological polar surface area (TPSA) is 85.7 Å². The number of carbonyl (C=O) groups excluding carboxylic acids is 1. The summed E-state index contributed by atoms with van der Waals surface area (Å²) in [6.45, 7) is 4.70. The van der Waals surface area contributed by atoms with Gasteiger partial charge in [-0.3, -0.25) is 14.5 Å². The molecule has 8 heteroatoms. The van der Waals surface area contributed by atoms with Gasteiger partial charge in [-0.2, -0.15) is 9.78 Å². The third-order valence-corrected chi connectivity index (χ3v) is 6.04. The van der Waals surface area contributed by atoms with E-state index in [4.69, 9.17) is 9.47 Å². The maximum absolute atomic E-state index is 13.3. The molecule has 1 atom stereocenters. The van der Waals surface area contributed by atoms with E-state index in [1.54, 1.807) is 49.6 Å². The number of rotatable bonds is 7. The average Bonchev–Trinajstić information content (AvgIpc) is 3.30. The van der Waals surface area contributed by atoms with Crippen LogP contribution in [0, 0.1) is 0 Å². The highest BCUT2D eigenvalue weighted by atomic mass is 16.5. The van der Waals surface area contributed by atoms with Crippen LogP contribution in [0.15, 0.2) is 47.3 Å². The van der Waals surface area contributed by atoms with E-state index in [-0.39, 0.29) is 17.2 Å². The number of likely N-dealkylation sites (N-methyl/N-ethyl adjacent to an activating group) is 1. The van der Waals surface area contributed by atoms with E-state index in [2.05, 4.69) is 22.2 Å². The molecule has 0 bridgehead atoms. The number of nitrogens with one attached hydrogen (secondary N) is 1. The molecule has 0 unspecified atom stereocenters. The van der Waals surface area contributed by atoms with Crippen LogP contribution in [-0.2, 0) is 0 Å². The Hall–Kier alpha value is -3.39. The molecule has 1 aliphatic heterocycles. The van der Waals surface area contributed by atoms with Crippen molar-refractivity contribution in [1.82, 2.24) is 20.0 Å². The predicted octanol–water partition coefficient (Wildman–Crippen LogP) is 2.62. The third-order valence-electron chi connectivity index (χ3n) is 6.04. The van der Waals surface area contributed by atoms with E-state index in [0.717, 1.165) is 25.9 Å². The predicted molar refractivity (Wildman–Crippen MR) is 123 cm³/mol. The average molecular weight is 437 g/mol. The Bertz CT molecular complexity index is 1190. The van der Waals surface area contributed by atoms with E-state index < -0.39 is 0 Å². The molecule has 0 saturated carbocycles. The van der Waals surface area contributed by atoms with Crippen LogP contribution in [0.25, 0.3) is 16.5 Å². The summed E-state index contributed by atoms with van der Waals surface area (Å²) in [5.74, 6) is 0.713. The van der Waals surface area contributed by atoms with Gasteiger partial charge in [-0.05, 0) is 44.1 Å². The van der Waals surface area contributed by atoms with E-state index in [9.17, 15) is 9.59 Å². The summed E-state index contributed by atoms with van der Waals surface area (Å²) in [7, 11) is 3.07. The first kappa shape index (κ1) is 21.8. The minimum Gasteiger partial charge on any atom is -0.497 e. The molecule has 32 heavy (non-hydrogen) atoms. The zero-order chi connectivity index (χ0) is 22.7. The van der Waals surface area contributed by atoms with Gasteiger partial charge in [0, 0.05) is 24.0 Å². The lowest BCUT2D eigenvalue weighted by molar-refractivity contribution is 0.0936. The van der Waals surface area contributed by atoms with Crippen LogP contribution in [0.1, 0.15) is 30.3 Å². The minimum absolute atomic E-state index is 0.208. The van der Waals surface area contributed by atoms with E-state index in [1.807, 2.05) is 0 Å². The molecule has 168 valence electrons. The Balaban J connectivity index is 1.76. The molecule has 2 heterocycles. The van der Waals surface area contributed by atoms with E-state index in [1.165, 1.54) is 11.8 Å². The molecular formula is C24H28N4O4. The van der Waals surface area contributed by atoms with Gasteiger partial charge in [-0.1, -0.05) is 25.1 Å². The standard InChI is InChI=1S/C24H28N4O4/c1-4-27-13-7-8-16(27)15-25-23(29)22-18-9-5-6-10-19(18)24(30)28(26-22)20-12-11-17(31-2)14-21(20)32-3/h5-6,9-12,14,16H,4,7-8,13,15H2,1-3H3,(H,25,29)/t16-/m0/s1. The zero-order valence-electron chi connectivity index (χ0n) is 18.6. The van der Waals surface area contributed by atoms with Crippen molar-refractivity contribution in [3.8, 4) is 17.2 Å². The number of benzene rings is 2. The molecule has 1 aromatic heterocycles. The summed E-state index contributed by atoms with van der Waals surface area (Å²) in [6, 6.07) is 12.5. The fourth-order valence-corrected chi connectivity index (χ4v) is 4.32. The maximum Gasteiger partial charge on any atom is 0.279 e. The first-order valence-corrected chi connectivity index (χ1v) is 10.8. The van der Waals surface area contributed by atoms with Crippen molar-refractivity contribution in [3.63, 3.8) is 0 Å². The molecule has 0 radical (unpaired) electrons. The third kappa shape index (κ3) is 4.05. The fraction of sp³-hybridized carbons (Fsp3) is 0.375. The molecule has 3 aromatic rings. The van der Waals surface area contributed by atoms with Gasteiger partial charge in [-0.25, -0.2) is 0 Å². The minimum atomic E-state index is -0.325. The number of aromatic nitrogens is 2. The molecule has 0 aliphatic carbocycles. The van der Waals surface area contributed by atoms with Crippen molar-refractivity contribution >= 4 is 16.7 Å². The summed E-state index contributed by atoms with van der Waals surface area (Å²) >= 11 is 0. The second-order valence-electron chi connectivity index (χ2n) is 7.78. The van der Waals surface area contributed by atoms with Crippen molar-refractivity contribution in [3.05, 3.63) is 58.5 Å². The number of amides is 1. The van der Waals surface area contributed by atoms with Gasteiger partial charge < -0.3 is 14.8 Å². The number of carbonyl (C=O) groups is 1. The number of ether oxygens (including phenoxy) is 2. The number of hydrogen-bond donors (Lipinski definition) is 1. The van der Waals surface area contributed by atoms with Crippen LogP contribution in [0.4, 0.5) is 0 Å². The molecule has 1 amide bonds. The van der Waals surface area contributed by atoms with Gasteiger partial charge in [0.25, 0.3) is 11.5 Å². The van der Waals surface area contributed by atoms with Crippen LogP contribution in [0.5, 0.6) is 11.5 Å². The molecule has 1 fully saturated rings. The highest BCUT2D eigenvalue weighted by molar-refractivity contribution is 6.04. The van der Waals surface area contributed by atoms with Gasteiger partial charge in [0.05, 0.1) is 19.6 Å². The van der Waals surface area contributed by atoms with Crippen LogP contribution in [0.3, 0.4) is 0 Å². The number of methoxy groups -OCH3 is 2. The SMILES string of the molecule is CCN1CCC[C@H]1CNC(=O)c1nn(-c2ccc(OC)cc2OC)c(=O)c2ccccc12. The summed E-state index contributed by atoms with van der Waals surface area (Å²) < 4.78 is 11.9. The summed E-state index contributed by atoms with van der Waals surface area (Å²) in [6.07, 6.45) is 2.20. The maximum atomic E-state index is 13.3. The van der Waals surface area contributed by atoms with Crippen molar-refractivity contribution in [2.24, 2.45) is 0 Å². The largest absolute Gasteiger partial charge is 0.497 e. The number of fused-ring (bicyclic) bond motifs is 1. The molecule has 1 aliphatic rings. The van der Waals surface area contributed by atoms with Crippen molar-refractivity contribution in [2.75, 3.05) is 33.9 Å². The number of hydrogen-bond acceptors (Lipinski definition) is 6. The van der Waals surface area contributed by atoms with Gasteiger partial charge in [-0.15, -0.1) is 0 Å². The fourth-order valence-electron chi connectivity index (χ4n) is 4.32. The monoisotopic (exact) mass is 436 g/mol. The summed E-state index contributed by atoms with van der Waals surface area (Å²) in [4.78, 5) is 28.8. The normalized spacial score (nSPS) is 16.3. The molecule has 8 nitrogen and oxygen atoms in total. The van der Waals surface area contributed by atoms with Crippen molar-refractivity contribution in [2.45, 2.75) is 25.8 Å². The Morgan fingerprint density at radius 2 is 1.94 bits per heavy atom.